The Hall–Kier alpha value is -3.36. The SMILES string of the molecule is CC(Oc1ccc2c(c1)OCCn1cc(-c3ncnn3C(C)C)nc1-2)C(N)=O. The minimum absolute atomic E-state index is 0.182. The summed E-state index contributed by atoms with van der Waals surface area (Å²) in [6.07, 6.45) is 2.79. The van der Waals surface area contributed by atoms with Crippen molar-refractivity contribution in [2.24, 2.45) is 5.73 Å². The summed E-state index contributed by atoms with van der Waals surface area (Å²) in [5, 5.41) is 4.29. The van der Waals surface area contributed by atoms with Crippen molar-refractivity contribution in [2.75, 3.05) is 6.61 Å². The van der Waals surface area contributed by atoms with Crippen LogP contribution in [-0.4, -0.2) is 42.9 Å². The van der Waals surface area contributed by atoms with E-state index >= 15 is 0 Å². The summed E-state index contributed by atoms with van der Waals surface area (Å²) in [6, 6.07) is 5.60. The highest BCUT2D eigenvalue weighted by molar-refractivity contribution is 5.78. The van der Waals surface area contributed by atoms with Crippen LogP contribution in [0.1, 0.15) is 26.8 Å². The number of primary amides is 1. The van der Waals surface area contributed by atoms with Gasteiger partial charge in [0.2, 0.25) is 0 Å². The minimum Gasteiger partial charge on any atom is -0.491 e. The first kappa shape index (κ1) is 18.0. The van der Waals surface area contributed by atoms with Crippen molar-refractivity contribution in [3.8, 4) is 34.4 Å². The Morgan fingerprint density at radius 2 is 2.11 bits per heavy atom. The van der Waals surface area contributed by atoms with Crippen molar-refractivity contribution in [3.63, 3.8) is 0 Å². The second-order valence-electron chi connectivity index (χ2n) is 6.93. The highest BCUT2D eigenvalue weighted by Crippen LogP contribution is 2.36. The molecule has 3 heterocycles. The van der Waals surface area contributed by atoms with Gasteiger partial charge < -0.3 is 19.8 Å². The Labute approximate surface area is 162 Å². The second-order valence-corrected chi connectivity index (χ2v) is 6.93. The van der Waals surface area contributed by atoms with Gasteiger partial charge in [-0.05, 0) is 32.9 Å². The van der Waals surface area contributed by atoms with Crippen molar-refractivity contribution < 1.29 is 14.3 Å². The van der Waals surface area contributed by atoms with Crippen LogP contribution in [0.3, 0.4) is 0 Å². The lowest BCUT2D eigenvalue weighted by atomic mass is 10.1. The quantitative estimate of drug-likeness (QED) is 0.723. The molecule has 1 atom stereocenters. The molecule has 28 heavy (non-hydrogen) atoms. The van der Waals surface area contributed by atoms with Crippen molar-refractivity contribution in [3.05, 3.63) is 30.7 Å². The molecule has 9 heteroatoms. The van der Waals surface area contributed by atoms with Gasteiger partial charge >= 0.3 is 0 Å². The Morgan fingerprint density at radius 1 is 1.29 bits per heavy atom. The van der Waals surface area contributed by atoms with Gasteiger partial charge in [0.05, 0.1) is 12.1 Å². The lowest BCUT2D eigenvalue weighted by Gasteiger charge is -2.13. The van der Waals surface area contributed by atoms with Crippen LogP contribution in [0.2, 0.25) is 0 Å². The third-order valence-corrected chi connectivity index (χ3v) is 4.57. The van der Waals surface area contributed by atoms with Crippen LogP contribution in [0.5, 0.6) is 11.5 Å². The first-order valence-electron chi connectivity index (χ1n) is 9.14. The maximum atomic E-state index is 11.2. The predicted octanol–water partition coefficient (Wildman–Crippen LogP) is 2.03. The molecule has 1 aliphatic heterocycles. The van der Waals surface area contributed by atoms with Crippen LogP contribution >= 0.6 is 0 Å². The van der Waals surface area contributed by atoms with E-state index in [2.05, 4.69) is 23.9 Å². The molecule has 9 nitrogen and oxygen atoms in total. The molecular weight excluding hydrogens is 360 g/mol. The summed E-state index contributed by atoms with van der Waals surface area (Å²) >= 11 is 0. The molecule has 1 aliphatic rings. The molecule has 4 rings (SSSR count). The van der Waals surface area contributed by atoms with E-state index in [0.717, 1.165) is 22.9 Å². The third kappa shape index (κ3) is 3.19. The van der Waals surface area contributed by atoms with E-state index < -0.39 is 12.0 Å². The Kier molecular flexibility index (Phi) is 4.50. The molecule has 2 N–H and O–H groups in total. The van der Waals surface area contributed by atoms with E-state index in [0.29, 0.717) is 24.7 Å². The number of carbonyl (C=O) groups is 1. The molecule has 0 radical (unpaired) electrons. The molecule has 1 amide bonds. The minimum atomic E-state index is -0.722. The molecule has 0 aliphatic carbocycles. The maximum absolute atomic E-state index is 11.2. The molecule has 3 aromatic rings. The number of aromatic nitrogens is 5. The number of carbonyl (C=O) groups excluding carboxylic acids is 1. The van der Waals surface area contributed by atoms with Crippen LogP contribution in [0.4, 0.5) is 0 Å². The lowest BCUT2D eigenvalue weighted by Crippen LogP contribution is -2.30. The topological polar surface area (TPSA) is 110 Å². The van der Waals surface area contributed by atoms with Crippen molar-refractivity contribution in [1.82, 2.24) is 24.3 Å². The maximum Gasteiger partial charge on any atom is 0.258 e. The van der Waals surface area contributed by atoms with Crippen LogP contribution in [-0.2, 0) is 11.3 Å². The zero-order valence-electron chi connectivity index (χ0n) is 16.0. The number of amides is 1. The summed E-state index contributed by atoms with van der Waals surface area (Å²) in [7, 11) is 0. The smallest absolute Gasteiger partial charge is 0.258 e. The first-order valence-corrected chi connectivity index (χ1v) is 9.14. The van der Waals surface area contributed by atoms with E-state index in [1.54, 1.807) is 25.4 Å². The zero-order valence-corrected chi connectivity index (χ0v) is 16.0. The van der Waals surface area contributed by atoms with Crippen LogP contribution < -0.4 is 15.2 Å². The summed E-state index contributed by atoms with van der Waals surface area (Å²) in [4.78, 5) is 20.4. The number of rotatable bonds is 5. The Morgan fingerprint density at radius 3 is 2.86 bits per heavy atom. The molecule has 1 aromatic carbocycles. The fraction of sp³-hybridized carbons (Fsp3) is 0.368. The van der Waals surface area contributed by atoms with Gasteiger partial charge in [0.1, 0.15) is 36.0 Å². The summed E-state index contributed by atoms with van der Waals surface area (Å²) < 4.78 is 15.3. The zero-order chi connectivity index (χ0) is 19.8. The molecule has 0 bridgehead atoms. The normalized spacial score (nSPS) is 14.0. The van der Waals surface area contributed by atoms with E-state index in [4.69, 9.17) is 20.2 Å². The van der Waals surface area contributed by atoms with E-state index in [1.165, 1.54) is 0 Å². The molecular formula is C19H22N6O3. The summed E-state index contributed by atoms with van der Waals surface area (Å²) in [5.41, 5.74) is 6.88. The average molecular weight is 382 g/mol. The van der Waals surface area contributed by atoms with Gasteiger partial charge in [0.25, 0.3) is 5.91 Å². The van der Waals surface area contributed by atoms with Crippen molar-refractivity contribution in [2.45, 2.75) is 39.5 Å². The first-order chi connectivity index (χ1) is 13.4. The highest BCUT2D eigenvalue weighted by Gasteiger charge is 2.22. The number of hydrogen-bond donors (Lipinski definition) is 1. The number of ether oxygens (including phenoxy) is 2. The fourth-order valence-corrected chi connectivity index (χ4v) is 3.12. The number of nitrogens with two attached hydrogens (primary N) is 1. The van der Waals surface area contributed by atoms with Gasteiger partial charge in [-0.25, -0.2) is 14.6 Å². The van der Waals surface area contributed by atoms with Gasteiger partial charge in [-0.3, -0.25) is 4.79 Å². The van der Waals surface area contributed by atoms with Gasteiger partial charge in [-0.2, -0.15) is 5.10 Å². The molecule has 0 saturated heterocycles. The van der Waals surface area contributed by atoms with Crippen LogP contribution in [0, 0.1) is 0 Å². The number of benzene rings is 1. The fourth-order valence-electron chi connectivity index (χ4n) is 3.12. The van der Waals surface area contributed by atoms with Gasteiger partial charge in [-0.1, -0.05) is 0 Å². The number of fused-ring (bicyclic) bond motifs is 3. The molecule has 1 unspecified atom stereocenters. The molecule has 2 aromatic heterocycles. The molecule has 0 fully saturated rings. The molecule has 146 valence electrons. The summed E-state index contributed by atoms with van der Waals surface area (Å²) in [6.45, 7) is 6.86. The lowest BCUT2D eigenvalue weighted by molar-refractivity contribution is -0.123. The predicted molar refractivity (Wildman–Crippen MR) is 102 cm³/mol. The van der Waals surface area contributed by atoms with Crippen molar-refractivity contribution in [1.29, 1.82) is 0 Å². The Bertz CT molecular complexity index is 1020. The van der Waals surface area contributed by atoms with Gasteiger partial charge in [0, 0.05) is 18.3 Å². The van der Waals surface area contributed by atoms with Crippen LogP contribution in [0.15, 0.2) is 30.7 Å². The highest BCUT2D eigenvalue weighted by atomic mass is 16.5. The third-order valence-electron chi connectivity index (χ3n) is 4.57. The van der Waals surface area contributed by atoms with E-state index in [-0.39, 0.29) is 6.04 Å². The van der Waals surface area contributed by atoms with Gasteiger partial charge in [-0.15, -0.1) is 0 Å². The molecule has 0 spiro atoms. The average Bonchev–Trinajstić information content (AvgIpc) is 3.26. The van der Waals surface area contributed by atoms with E-state index in [9.17, 15) is 4.79 Å². The Balaban J connectivity index is 1.72. The molecule has 0 saturated carbocycles. The van der Waals surface area contributed by atoms with Crippen molar-refractivity contribution >= 4 is 5.91 Å². The summed E-state index contributed by atoms with van der Waals surface area (Å²) in [5.74, 6) is 2.16. The number of nitrogens with zero attached hydrogens (tertiary/aromatic N) is 5. The largest absolute Gasteiger partial charge is 0.491 e. The van der Waals surface area contributed by atoms with Gasteiger partial charge in [0.15, 0.2) is 11.9 Å². The van der Waals surface area contributed by atoms with E-state index in [1.807, 2.05) is 21.5 Å². The van der Waals surface area contributed by atoms with Crippen LogP contribution in [0.25, 0.3) is 22.9 Å². The standard InChI is InChI=1S/C19H22N6O3/c1-11(2)25-19(21-10-22-25)15-9-24-6-7-27-16-8-13(28-12(3)17(20)26)4-5-14(16)18(24)23-15/h4-5,8-12H,6-7H2,1-3H3,(H2,20,26). The number of hydrogen-bond acceptors (Lipinski definition) is 6. The monoisotopic (exact) mass is 382 g/mol. The number of imidazole rings is 1. The second kappa shape index (κ2) is 6.99.